The maximum atomic E-state index is 12.5. The summed E-state index contributed by atoms with van der Waals surface area (Å²) < 4.78 is 25.4. The summed E-state index contributed by atoms with van der Waals surface area (Å²) >= 11 is 5.94. The van der Waals surface area contributed by atoms with Gasteiger partial charge >= 0.3 is 0 Å². The quantitative estimate of drug-likeness (QED) is 0.689. The summed E-state index contributed by atoms with van der Waals surface area (Å²) in [7, 11) is -3.52. The van der Waals surface area contributed by atoms with E-state index in [1.165, 1.54) is 18.2 Å². The first kappa shape index (κ1) is 20.1. The predicted octanol–water partition coefficient (Wildman–Crippen LogP) is 3.48. The van der Waals surface area contributed by atoms with Crippen LogP contribution in [0.3, 0.4) is 0 Å². The molecule has 0 saturated carbocycles. The fraction of sp³-hybridized carbons (Fsp3) is 0.200. The van der Waals surface area contributed by atoms with Crippen molar-refractivity contribution in [2.75, 3.05) is 6.26 Å². The molecule has 0 radical (unpaired) electrons. The van der Waals surface area contributed by atoms with Gasteiger partial charge in [0.2, 0.25) is 0 Å². The van der Waals surface area contributed by atoms with Crippen molar-refractivity contribution >= 4 is 27.3 Å². The number of carbonyl (C=O) groups is 1. The second kappa shape index (κ2) is 7.77. The molecule has 0 unspecified atom stereocenters. The molecular weight excluding hydrogens is 398 g/mol. The van der Waals surface area contributed by atoms with Crippen molar-refractivity contribution < 1.29 is 13.2 Å². The van der Waals surface area contributed by atoms with Gasteiger partial charge in [-0.25, -0.2) is 13.1 Å². The lowest BCUT2D eigenvalue weighted by atomic mass is 10.1. The number of nitrogens with one attached hydrogen (secondary N) is 1. The molecule has 28 heavy (non-hydrogen) atoms. The largest absolute Gasteiger partial charge is 0.348 e. The Morgan fingerprint density at radius 2 is 1.82 bits per heavy atom. The number of amides is 1. The molecule has 0 aliphatic heterocycles. The highest BCUT2D eigenvalue weighted by atomic mass is 35.5. The van der Waals surface area contributed by atoms with Gasteiger partial charge in [-0.1, -0.05) is 29.8 Å². The fourth-order valence-electron chi connectivity index (χ4n) is 2.95. The molecule has 2 aromatic carbocycles. The fourth-order valence-corrected chi connectivity index (χ4v) is 4.25. The summed E-state index contributed by atoms with van der Waals surface area (Å²) in [6.45, 7) is 4.11. The zero-order valence-electron chi connectivity index (χ0n) is 15.7. The normalized spacial score (nSPS) is 11.4. The Balaban J connectivity index is 1.82. The van der Waals surface area contributed by atoms with Gasteiger partial charge in [0, 0.05) is 29.6 Å². The van der Waals surface area contributed by atoms with Gasteiger partial charge in [-0.2, -0.15) is 5.10 Å². The number of hydrogen-bond donors (Lipinski definition) is 1. The Kier molecular flexibility index (Phi) is 5.58. The van der Waals surface area contributed by atoms with Gasteiger partial charge in [-0.15, -0.1) is 0 Å². The highest BCUT2D eigenvalue weighted by molar-refractivity contribution is 7.90. The van der Waals surface area contributed by atoms with Crippen LogP contribution in [0.1, 0.15) is 27.3 Å². The highest BCUT2D eigenvalue weighted by Gasteiger charge is 2.17. The summed E-state index contributed by atoms with van der Waals surface area (Å²) in [5.74, 6) is -0.382. The number of hydrogen-bond acceptors (Lipinski definition) is 4. The molecule has 6 nitrogen and oxygen atoms in total. The smallest absolute Gasteiger partial charge is 0.251 e. The first-order chi connectivity index (χ1) is 13.2. The number of aromatic nitrogens is 2. The average molecular weight is 418 g/mol. The van der Waals surface area contributed by atoms with Crippen molar-refractivity contribution in [3.8, 4) is 5.69 Å². The molecule has 1 heterocycles. The summed E-state index contributed by atoms with van der Waals surface area (Å²) in [4.78, 5) is 12.5. The van der Waals surface area contributed by atoms with Gasteiger partial charge in [0.25, 0.3) is 5.91 Å². The second-order valence-corrected chi connectivity index (χ2v) is 8.89. The van der Waals surface area contributed by atoms with Crippen molar-refractivity contribution in [2.45, 2.75) is 25.3 Å². The van der Waals surface area contributed by atoms with E-state index in [4.69, 9.17) is 11.6 Å². The third-order valence-electron chi connectivity index (χ3n) is 4.46. The number of carbonyl (C=O) groups excluding carboxylic acids is 1. The molecule has 1 amide bonds. The Morgan fingerprint density at radius 3 is 2.46 bits per heavy atom. The van der Waals surface area contributed by atoms with Crippen molar-refractivity contribution in [1.82, 2.24) is 15.1 Å². The van der Waals surface area contributed by atoms with Gasteiger partial charge in [0.1, 0.15) is 0 Å². The lowest BCUT2D eigenvalue weighted by molar-refractivity contribution is 0.0950. The molecule has 1 aromatic heterocycles. The Hall–Kier alpha value is -2.64. The van der Waals surface area contributed by atoms with Crippen molar-refractivity contribution in [1.29, 1.82) is 0 Å². The summed E-state index contributed by atoms with van der Waals surface area (Å²) in [6.07, 6.45) is 1.06. The number of halogens is 1. The van der Waals surface area contributed by atoms with Crippen LogP contribution in [0, 0.1) is 13.8 Å². The Labute approximate surface area is 169 Å². The minimum Gasteiger partial charge on any atom is -0.348 e. The van der Waals surface area contributed by atoms with E-state index in [0.29, 0.717) is 0 Å². The molecule has 146 valence electrons. The van der Waals surface area contributed by atoms with Gasteiger partial charge in [0.05, 0.1) is 21.3 Å². The number of nitrogens with zero attached hydrogens (tertiary/aromatic N) is 2. The molecule has 0 aliphatic carbocycles. The van der Waals surface area contributed by atoms with E-state index in [-0.39, 0.29) is 27.9 Å². The van der Waals surface area contributed by atoms with Gasteiger partial charge in [0.15, 0.2) is 9.84 Å². The van der Waals surface area contributed by atoms with E-state index in [1.807, 2.05) is 48.9 Å². The molecule has 0 atom stereocenters. The Morgan fingerprint density at radius 1 is 1.14 bits per heavy atom. The van der Waals surface area contributed by atoms with Crippen LogP contribution in [0.25, 0.3) is 5.69 Å². The first-order valence-corrected chi connectivity index (χ1v) is 10.8. The van der Waals surface area contributed by atoms with Crippen LogP contribution in [0.5, 0.6) is 0 Å². The Bertz CT molecular complexity index is 1140. The molecule has 3 aromatic rings. The minimum atomic E-state index is -3.52. The summed E-state index contributed by atoms with van der Waals surface area (Å²) in [6, 6.07) is 13.9. The van der Waals surface area contributed by atoms with E-state index < -0.39 is 9.84 Å². The molecule has 3 rings (SSSR count). The first-order valence-electron chi connectivity index (χ1n) is 8.57. The van der Waals surface area contributed by atoms with Crippen LogP contribution in [0.4, 0.5) is 0 Å². The van der Waals surface area contributed by atoms with Crippen LogP contribution >= 0.6 is 11.6 Å². The molecule has 8 heteroatoms. The van der Waals surface area contributed by atoms with Gasteiger partial charge < -0.3 is 5.32 Å². The summed E-state index contributed by atoms with van der Waals surface area (Å²) in [5, 5.41) is 7.48. The second-order valence-electron chi connectivity index (χ2n) is 6.50. The number of benzene rings is 2. The number of para-hydroxylation sites is 1. The number of sulfone groups is 1. The zero-order valence-corrected chi connectivity index (χ0v) is 17.3. The predicted molar refractivity (Wildman–Crippen MR) is 109 cm³/mol. The summed E-state index contributed by atoms with van der Waals surface area (Å²) in [5.41, 5.74) is 3.83. The maximum Gasteiger partial charge on any atom is 0.251 e. The van der Waals surface area contributed by atoms with E-state index >= 15 is 0 Å². The third kappa shape index (κ3) is 4.10. The van der Waals surface area contributed by atoms with E-state index in [2.05, 4.69) is 10.4 Å². The lowest BCUT2D eigenvalue weighted by Crippen LogP contribution is -2.23. The topological polar surface area (TPSA) is 81.1 Å². The molecule has 1 N–H and O–H groups in total. The van der Waals surface area contributed by atoms with Crippen molar-refractivity contribution in [3.05, 3.63) is 76.1 Å². The monoisotopic (exact) mass is 417 g/mol. The lowest BCUT2D eigenvalue weighted by Gasteiger charge is -2.09. The van der Waals surface area contributed by atoms with E-state index in [1.54, 1.807) is 0 Å². The molecule has 0 spiro atoms. The van der Waals surface area contributed by atoms with Crippen LogP contribution in [0.2, 0.25) is 5.02 Å². The number of aryl methyl sites for hydroxylation is 1. The average Bonchev–Trinajstić information content (AvgIpc) is 2.94. The van der Waals surface area contributed by atoms with Crippen LogP contribution in [0.15, 0.2) is 53.4 Å². The van der Waals surface area contributed by atoms with Crippen LogP contribution in [-0.2, 0) is 16.4 Å². The molecule has 0 saturated heterocycles. The minimum absolute atomic E-state index is 0.0638. The van der Waals surface area contributed by atoms with E-state index in [0.717, 1.165) is 28.9 Å². The van der Waals surface area contributed by atoms with Crippen LogP contribution < -0.4 is 5.32 Å². The van der Waals surface area contributed by atoms with Crippen molar-refractivity contribution in [2.24, 2.45) is 0 Å². The molecule has 0 aliphatic rings. The number of rotatable bonds is 5. The van der Waals surface area contributed by atoms with Gasteiger partial charge in [-0.3, -0.25) is 4.79 Å². The molecular formula is C20H20ClN3O3S. The van der Waals surface area contributed by atoms with Crippen LogP contribution in [-0.4, -0.2) is 30.4 Å². The zero-order chi connectivity index (χ0) is 20.5. The molecule has 0 fully saturated rings. The van der Waals surface area contributed by atoms with Crippen molar-refractivity contribution in [3.63, 3.8) is 0 Å². The standard InChI is InChI=1S/C20H20ClN3O3S/c1-13-17(14(2)24(23-13)16-7-5-4-6-8-16)12-22-20(25)15-9-10-18(21)19(11-15)28(3,26)27/h4-11H,12H2,1-3H3,(H,22,25). The molecule has 0 bridgehead atoms. The SMILES string of the molecule is Cc1nn(-c2ccccc2)c(C)c1CNC(=O)c1ccc(Cl)c(S(C)(=O)=O)c1. The van der Waals surface area contributed by atoms with Gasteiger partial charge in [-0.05, 0) is 44.2 Å². The maximum absolute atomic E-state index is 12.5. The highest BCUT2D eigenvalue weighted by Crippen LogP contribution is 2.23. The third-order valence-corrected chi connectivity index (χ3v) is 6.04. The van der Waals surface area contributed by atoms with E-state index in [9.17, 15) is 13.2 Å².